The van der Waals surface area contributed by atoms with Crippen molar-refractivity contribution in [1.29, 1.82) is 0 Å². The van der Waals surface area contributed by atoms with Gasteiger partial charge in [-0.3, -0.25) is 9.52 Å². The largest absolute Gasteiger partial charge is 0.386 e. The Balaban J connectivity index is 2.26. The summed E-state index contributed by atoms with van der Waals surface area (Å²) in [7, 11) is 0. The summed E-state index contributed by atoms with van der Waals surface area (Å²) in [5.74, 6) is 0.609. The van der Waals surface area contributed by atoms with Gasteiger partial charge < -0.3 is 10.2 Å². The maximum atomic E-state index is 12.9. The predicted molar refractivity (Wildman–Crippen MR) is 129 cm³/mol. The fourth-order valence-corrected chi connectivity index (χ4v) is 4.26. The van der Waals surface area contributed by atoms with Crippen LogP contribution in [0, 0.1) is 0 Å². The molecule has 0 unspecified atom stereocenters. The molecule has 4 nitrogen and oxygen atoms in total. The zero-order chi connectivity index (χ0) is 23.6. The molecule has 0 aromatic heterocycles. The topological polar surface area (TPSA) is 69.6 Å². The van der Waals surface area contributed by atoms with Gasteiger partial charge in [-0.1, -0.05) is 52.0 Å². The first kappa shape index (κ1) is 25.4. The number of rotatable bonds is 8. The normalized spacial score (nSPS) is 12.5. The van der Waals surface area contributed by atoms with Gasteiger partial charge in [-0.2, -0.15) is 0 Å². The van der Waals surface area contributed by atoms with E-state index in [1.165, 1.54) is 23.1 Å². The van der Waals surface area contributed by atoms with Crippen molar-refractivity contribution >= 4 is 17.9 Å². The van der Waals surface area contributed by atoms with Gasteiger partial charge in [0.2, 0.25) is 5.91 Å². The van der Waals surface area contributed by atoms with E-state index in [4.69, 9.17) is 0 Å². The van der Waals surface area contributed by atoms with Crippen LogP contribution in [0.1, 0.15) is 95.0 Å². The maximum Gasteiger partial charge on any atom is 0.234 e. The molecule has 2 aromatic carbocycles. The first-order chi connectivity index (χ1) is 14.2. The predicted octanol–water partition coefficient (Wildman–Crippen LogP) is 5.75. The quantitative estimate of drug-likeness (QED) is 0.454. The van der Waals surface area contributed by atoms with Crippen LogP contribution in [0.15, 0.2) is 41.3 Å². The van der Waals surface area contributed by atoms with Crippen molar-refractivity contribution in [3.8, 4) is 0 Å². The van der Waals surface area contributed by atoms with Gasteiger partial charge in [-0.15, -0.1) is 0 Å². The lowest BCUT2D eigenvalue weighted by molar-refractivity contribution is -0.118. The molecule has 31 heavy (non-hydrogen) atoms. The first-order valence-corrected chi connectivity index (χ1v) is 11.7. The molecule has 1 amide bonds. The Morgan fingerprint density at radius 3 is 1.74 bits per heavy atom. The molecule has 0 saturated carbocycles. The third-order valence-electron chi connectivity index (χ3n) is 5.43. The van der Waals surface area contributed by atoms with Crippen molar-refractivity contribution in [2.24, 2.45) is 0 Å². The number of nitrogens with one attached hydrogen (secondary N) is 1. The van der Waals surface area contributed by atoms with Crippen LogP contribution in [-0.2, 0) is 22.4 Å². The monoisotopic (exact) mass is 443 g/mol. The van der Waals surface area contributed by atoms with E-state index in [2.05, 4.69) is 50.6 Å². The number of hydrogen-bond acceptors (Lipinski definition) is 4. The summed E-state index contributed by atoms with van der Waals surface area (Å²) in [6.45, 7) is 15.4. The zero-order valence-corrected chi connectivity index (χ0v) is 20.9. The Labute approximate surface area is 191 Å². The van der Waals surface area contributed by atoms with E-state index < -0.39 is 11.2 Å². The number of carbonyl (C=O) groups is 1. The number of carbonyl (C=O) groups excluding carboxylic acids is 1. The highest BCUT2D eigenvalue weighted by Crippen LogP contribution is 2.32. The second-order valence-corrected chi connectivity index (χ2v) is 10.8. The van der Waals surface area contributed by atoms with Crippen molar-refractivity contribution < 1.29 is 15.0 Å². The minimum absolute atomic E-state index is 0.0709. The number of aliphatic hydroxyl groups is 2. The van der Waals surface area contributed by atoms with Crippen LogP contribution in [0.5, 0.6) is 0 Å². The fraction of sp³-hybridized carbons (Fsp3) is 0.500. The molecular formula is C26H37NO3S. The van der Waals surface area contributed by atoms with Gasteiger partial charge in [-0.05, 0) is 91.4 Å². The fourth-order valence-electron chi connectivity index (χ4n) is 3.59. The standard InChI is InChI=1S/C26H37NO3S/c1-16(2)21-10-9-11-22(17(3)4)23(21)15-24(28)27-31-20-13-18(25(5,6)29)12-19(14-20)26(7,8)30/h9-14,16-17,29-30H,15H2,1-8H3,(H,27,28). The van der Waals surface area contributed by atoms with Gasteiger partial charge in [0, 0.05) is 4.90 Å². The van der Waals surface area contributed by atoms with Crippen LogP contribution in [0.4, 0.5) is 0 Å². The highest BCUT2D eigenvalue weighted by atomic mass is 32.2. The molecule has 0 bridgehead atoms. The van der Waals surface area contributed by atoms with Crippen molar-refractivity contribution in [1.82, 2.24) is 4.72 Å². The van der Waals surface area contributed by atoms with Crippen LogP contribution in [0.3, 0.4) is 0 Å². The molecule has 0 spiro atoms. The molecule has 0 aliphatic rings. The van der Waals surface area contributed by atoms with E-state index in [0.29, 0.717) is 29.4 Å². The van der Waals surface area contributed by atoms with E-state index >= 15 is 0 Å². The van der Waals surface area contributed by atoms with Gasteiger partial charge in [0.05, 0.1) is 17.6 Å². The summed E-state index contributed by atoms with van der Waals surface area (Å²) in [4.78, 5) is 13.6. The maximum absolute atomic E-state index is 12.9. The molecule has 0 atom stereocenters. The number of benzene rings is 2. The Kier molecular flexibility index (Phi) is 8.01. The molecule has 0 radical (unpaired) electrons. The van der Waals surface area contributed by atoms with Crippen molar-refractivity contribution in [3.63, 3.8) is 0 Å². The number of amides is 1. The first-order valence-electron chi connectivity index (χ1n) is 10.9. The van der Waals surface area contributed by atoms with Gasteiger partial charge in [0.15, 0.2) is 0 Å². The lowest BCUT2D eigenvalue weighted by atomic mass is 9.87. The Hall–Kier alpha value is -1.82. The van der Waals surface area contributed by atoms with Gasteiger partial charge in [-0.25, -0.2) is 0 Å². The minimum Gasteiger partial charge on any atom is -0.386 e. The van der Waals surface area contributed by atoms with E-state index in [1.54, 1.807) is 33.8 Å². The van der Waals surface area contributed by atoms with Gasteiger partial charge in [0.1, 0.15) is 0 Å². The van der Waals surface area contributed by atoms with E-state index in [1.807, 2.05) is 12.1 Å². The van der Waals surface area contributed by atoms with Crippen molar-refractivity contribution in [2.75, 3.05) is 0 Å². The van der Waals surface area contributed by atoms with Crippen LogP contribution < -0.4 is 4.72 Å². The smallest absolute Gasteiger partial charge is 0.234 e. The average Bonchev–Trinajstić information content (AvgIpc) is 2.64. The summed E-state index contributed by atoms with van der Waals surface area (Å²) >= 11 is 1.22. The zero-order valence-electron chi connectivity index (χ0n) is 20.0. The van der Waals surface area contributed by atoms with E-state index in [9.17, 15) is 15.0 Å². The third kappa shape index (κ3) is 6.83. The lowest BCUT2D eigenvalue weighted by Crippen LogP contribution is -2.22. The molecule has 0 heterocycles. The third-order valence-corrected chi connectivity index (χ3v) is 6.23. The lowest BCUT2D eigenvalue weighted by Gasteiger charge is -2.24. The van der Waals surface area contributed by atoms with Crippen LogP contribution >= 0.6 is 11.9 Å². The summed E-state index contributed by atoms with van der Waals surface area (Å²) < 4.78 is 2.95. The second kappa shape index (κ2) is 9.76. The van der Waals surface area contributed by atoms with Crippen LogP contribution in [-0.4, -0.2) is 16.1 Å². The molecular weight excluding hydrogens is 406 g/mol. The second-order valence-electron chi connectivity index (χ2n) is 9.89. The highest BCUT2D eigenvalue weighted by molar-refractivity contribution is 7.98. The molecule has 5 heteroatoms. The molecule has 0 aliphatic heterocycles. The minimum atomic E-state index is -1.05. The molecule has 2 aromatic rings. The molecule has 0 aliphatic carbocycles. The SMILES string of the molecule is CC(C)c1cccc(C(C)C)c1CC(=O)NSc1cc(C(C)(C)O)cc(C(C)(C)O)c1. The molecule has 0 saturated heterocycles. The number of hydrogen-bond donors (Lipinski definition) is 3. The molecule has 2 rings (SSSR count). The highest BCUT2D eigenvalue weighted by Gasteiger charge is 2.23. The van der Waals surface area contributed by atoms with Crippen molar-refractivity contribution in [3.05, 3.63) is 64.2 Å². The van der Waals surface area contributed by atoms with Crippen LogP contribution in [0.2, 0.25) is 0 Å². The molecule has 3 N–H and O–H groups in total. The Bertz CT molecular complexity index is 863. The van der Waals surface area contributed by atoms with Gasteiger partial charge >= 0.3 is 0 Å². The van der Waals surface area contributed by atoms with E-state index in [0.717, 1.165) is 10.5 Å². The average molecular weight is 444 g/mol. The Morgan fingerprint density at radius 2 is 1.35 bits per heavy atom. The molecule has 170 valence electrons. The van der Waals surface area contributed by atoms with E-state index in [-0.39, 0.29) is 5.91 Å². The summed E-state index contributed by atoms with van der Waals surface area (Å²) in [6, 6.07) is 11.8. The summed E-state index contributed by atoms with van der Waals surface area (Å²) in [6.07, 6.45) is 0.318. The summed E-state index contributed by atoms with van der Waals surface area (Å²) in [5.41, 5.74) is 2.80. The summed E-state index contributed by atoms with van der Waals surface area (Å²) in [5, 5.41) is 20.9. The Morgan fingerprint density at radius 1 is 0.903 bits per heavy atom. The van der Waals surface area contributed by atoms with Gasteiger partial charge in [0.25, 0.3) is 0 Å². The van der Waals surface area contributed by atoms with Crippen LogP contribution in [0.25, 0.3) is 0 Å². The van der Waals surface area contributed by atoms with Crippen molar-refractivity contribution in [2.45, 2.75) is 89.7 Å². The molecule has 0 fully saturated rings.